The van der Waals surface area contributed by atoms with Crippen LogP contribution in [0, 0.1) is 0 Å². The Morgan fingerprint density at radius 2 is 2.05 bits per heavy atom. The van der Waals surface area contributed by atoms with Gasteiger partial charge in [-0.2, -0.15) is 0 Å². The van der Waals surface area contributed by atoms with Gasteiger partial charge in [-0.25, -0.2) is 0 Å². The van der Waals surface area contributed by atoms with Crippen molar-refractivity contribution in [2.45, 2.75) is 38.1 Å². The Morgan fingerprint density at radius 3 is 2.67 bits per heavy atom. The van der Waals surface area contributed by atoms with Gasteiger partial charge < -0.3 is 15.4 Å². The SMILES string of the molecule is CC1(C(=O)Nc2ccccc2OC(F)(F)F)CCCCN1. The standard InChI is InChI=1S/C14H17F3N2O2/c1-13(8-4-5-9-18-13)12(20)19-10-6-2-3-7-11(10)21-14(15,16)17/h2-3,6-7,18H,4-5,8-9H2,1H3,(H,19,20). The van der Waals surface area contributed by atoms with Gasteiger partial charge in [0.05, 0.1) is 11.2 Å². The fourth-order valence-electron chi connectivity index (χ4n) is 2.29. The van der Waals surface area contributed by atoms with E-state index in [1.807, 2.05) is 0 Å². The lowest BCUT2D eigenvalue weighted by molar-refractivity contribution is -0.274. The maximum atomic E-state index is 12.3. The predicted octanol–water partition coefficient (Wildman–Crippen LogP) is 3.06. The van der Waals surface area contributed by atoms with Gasteiger partial charge in [-0.05, 0) is 44.9 Å². The molecule has 0 aliphatic carbocycles. The van der Waals surface area contributed by atoms with E-state index in [-0.39, 0.29) is 11.6 Å². The zero-order valence-electron chi connectivity index (χ0n) is 11.6. The van der Waals surface area contributed by atoms with Crippen LogP contribution in [0.2, 0.25) is 0 Å². The number of carbonyl (C=O) groups is 1. The minimum absolute atomic E-state index is 0.00780. The summed E-state index contributed by atoms with van der Waals surface area (Å²) in [7, 11) is 0. The van der Waals surface area contributed by atoms with E-state index < -0.39 is 17.7 Å². The summed E-state index contributed by atoms with van der Waals surface area (Å²) in [6, 6.07) is 5.50. The summed E-state index contributed by atoms with van der Waals surface area (Å²) in [5.74, 6) is -0.779. The molecule has 1 aliphatic rings. The zero-order chi connectivity index (χ0) is 15.5. The fourth-order valence-corrected chi connectivity index (χ4v) is 2.29. The second-order valence-electron chi connectivity index (χ2n) is 5.21. The predicted molar refractivity (Wildman–Crippen MR) is 72.0 cm³/mol. The van der Waals surface area contributed by atoms with Gasteiger partial charge in [0.15, 0.2) is 5.75 Å². The van der Waals surface area contributed by atoms with E-state index in [1.165, 1.54) is 24.3 Å². The third kappa shape index (κ3) is 4.10. The first-order valence-electron chi connectivity index (χ1n) is 6.71. The van der Waals surface area contributed by atoms with Crippen LogP contribution in [0.25, 0.3) is 0 Å². The number of rotatable bonds is 3. The van der Waals surface area contributed by atoms with Crippen molar-refractivity contribution in [3.8, 4) is 5.75 Å². The third-order valence-electron chi connectivity index (χ3n) is 3.48. The molecule has 1 unspecified atom stereocenters. The number of nitrogens with one attached hydrogen (secondary N) is 2. The monoisotopic (exact) mass is 302 g/mol. The summed E-state index contributed by atoms with van der Waals surface area (Å²) in [6.07, 6.45) is -2.27. The van der Waals surface area contributed by atoms with Crippen molar-refractivity contribution in [2.75, 3.05) is 11.9 Å². The zero-order valence-corrected chi connectivity index (χ0v) is 11.6. The van der Waals surface area contributed by atoms with Gasteiger partial charge in [0.25, 0.3) is 0 Å². The van der Waals surface area contributed by atoms with Gasteiger partial charge in [0.2, 0.25) is 5.91 Å². The summed E-state index contributed by atoms with van der Waals surface area (Å²) in [5.41, 5.74) is -0.766. The minimum Gasteiger partial charge on any atom is -0.404 e. The maximum absolute atomic E-state index is 12.3. The molecule has 0 bridgehead atoms. The summed E-state index contributed by atoms with van der Waals surface area (Å²) in [5, 5.41) is 5.63. The van der Waals surface area contributed by atoms with Crippen LogP contribution in [0.5, 0.6) is 5.75 Å². The summed E-state index contributed by atoms with van der Waals surface area (Å²) < 4.78 is 40.9. The lowest BCUT2D eigenvalue weighted by Crippen LogP contribution is -2.54. The van der Waals surface area contributed by atoms with Crippen molar-refractivity contribution < 1.29 is 22.7 Å². The minimum atomic E-state index is -4.80. The van der Waals surface area contributed by atoms with Crippen LogP contribution in [0.15, 0.2) is 24.3 Å². The molecule has 2 rings (SSSR count). The van der Waals surface area contributed by atoms with Gasteiger partial charge in [-0.15, -0.1) is 13.2 Å². The molecule has 0 aromatic heterocycles. The Labute approximate surface area is 120 Å². The molecule has 0 spiro atoms. The molecule has 1 amide bonds. The number of benzene rings is 1. The quantitative estimate of drug-likeness (QED) is 0.902. The molecule has 7 heteroatoms. The van der Waals surface area contributed by atoms with Crippen molar-refractivity contribution in [3.05, 3.63) is 24.3 Å². The fraction of sp³-hybridized carbons (Fsp3) is 0.500. The van der Waals surface area contributed by atoms with Crippen LogP contribution >= 0.6 is 0 Å². The van der Waals surface area contributed by atoms with E-state index in [4.69, 9.17) is 0 Å². The lowest BCUT2D eigenvalue weighted by Gasteiger charge is -2.33. The highest BCUT2D eigenvalue weighted by molar-refractivity contribution is 5.99. The average molecular weight is 302 g/mol. The summed E-state index contributed by atoms with van der Waals surface area (Å²) in [4.78, 5) is 12.3. The molecule has 0 saturated carbocycles. The van der Waals surface area contributed by atoms with E-state index >= 15 is 0 Å². The Kier molecular flexibility index (Phi) is 4.41. The van der Waals surface area contributed by atoms with Gasteiger partial charge in [0, 0.05) is 0 Å². The van der Waals surface area contributed by atoms with Gasteiger partial charge >= 0.3 is 6.36 Å². The van der Waals surface area contributed by atoms with Gasteiger partial charge in [-0.3, -0.25) is 4.79 Å². The number of alkyl halides is 3. The van der Waals surface area contributed by atoms with Crippen molar-refractivity contribution >= 4 is 11.6 Å². The number of amides is 1. The topological polar surface area (TPSA) is 50.4 Å². The molecule has 1 aromatic carbocycles. The number of halogens is 3. The largest absolute Gasteiger partial charge is 0.573 e. The third-order valence-corrected chi connectivity index (χ3v) is 3.48. The average Bonchev–Trinajstić information content (AvgIpc) is 2.40. The number of anilines is 1. The first-order chi connectivity index (χ1) is 9.80. The second kappa shape index (κ2) is 5.93. The first-order valence-corrected chi connectivity index (χ1v) is 6.71. The van der Waals surface area contributed by atoms with Crippen LogP contribution in [0.1, 0.15) is 26.2 Å². The first kappa shape index (κ1) is 15.6. The van der Waals surface area contributed by atoms with Crippen molar-refractivity contribution in [1.29, 1.82) is 0 Å². The van der Waals surface area contributed by atoms with Crippen molar-refractivity contribution in [3.63, 3.8) is 0 Å². The Hall–Kier alpha value is -1.76. The second-order valence-corrected chi connectivity index (χ2v) is 5.21. The molecule has 1 heterocycles. The Bertz CT molecular complexity index is 511. The molecule has 0 radical (unpaired) electrons. The van der Waals surface area contributed by atoms with E-state index in [0.29, 0.717) is 13.0 Å². The maximum Gasteiger partial charge on any atom is 0.573 e. The van der Waals surface area contributed by atoms with E-state index in [1.54, 1.807) is 6.92 Å². The smallest absolute Gasteiger partial charge is 0.404 e. The molecular weight excluding hydrogens is 285 g/mol. The highest BCUT2D eigenvalue weighted by Gasteiger charge is 2.36. The van der Waals surface area contributed by atoms with Crippen molar-refractivity contribution in [2.24, 2.45) is 0 Å². The molecule has 1 aromatic rings. The van der Waals surface area contributed by atoms with Gasteiger partial charge in [-0.1, -0.05) is 12.1 Å². The Morgan fingerprint density at radius 1 is 1.33 bits per heavy atom. The molecule has 1 fully saturated rings. The van der Waals surface area contributed by atoms with Crippen LogP contribution < -0.4 is 15.4 Å². The van der Waals surface area contributed by atoms with E-state index in [2.05, 4.69) is 15.4 Å². The molecular formula is C14H17F3N2O2. The molecule has 2 N–H and O–H groups in total. The number of hydrogen-bond donors (Lipinski definition) is 2. The number of piperidine rings is 1. The number of ether oxygens (including phenoxy) is 1. The number of hydrogen-bond acceptors (Lipinski definition) is 3. The number of para-hydroxylation sites is 2. The molecule has 4 nitrogen and oxygen atoms in total. The number of carbonyl (C=O) groups excluding carboxylic acids is 1. The van der Waals surface area contributed by atoms with E-state index in [9.17, 15) is 18.0 Å². The molecule has 1 saturated heterocycles. The van der Waals surface area contributed by atoms with Crippen LogP contribution in [-0.2, 0) is 4.79 Å². The van der Waals surface area contributed by atoms with Crippen LogP contribution in [0.3, 0.4) is 0 Å². The molecule has 1 aliphatic heterocycles. The van der Waals surface area contributed by atoms with Crippen LogP contribution in [-0.4, -0.2) is 24.4 Å². The van der Waals surface area contributed by atoms with Crippen molar-refractivity contribution in [1.82, 2.24) is 5.32 Å². The van der Waals surface area contributed by atoms with Crippen LogP contribution in [0.4, 0.5) is 18.9 Å². The molecule has 1 atom stereocenters. The Balaban J connectivity index is 2.14. The summed E-state index contributed by atoms with van der Waals surface area (Å²) in [6.45, 7) is 2.46. The normalized spacial score (nSPS) is 22.7. The molecule has 116 valence electrons. The highest BCUT2D eigenvalue weighted by atomic mass is 19.4. The molecule has 21 heavy (non-hydrogen) atoms. The van der Waals surface area contributed by atoms with Gasteiger partial charge in [0.1, 0.15) is 0 Å². The summed E-state index contributed by atoms with van der Waals surface area (Å²) >= 11 is 0. The highest BCUT2D eigenvalue weighted by Crippen LogP contribution is 2.31. The van der Waals surface area contributed by atoms with E-state index in [0.717, 1.165) is 12.8 Å². The lowest BCUT2D eigenvalue weighted by atomic mass is 9.90.